The van der Waals surface area contributed by atoms with E-state index < -0.39 is 11.9 Å². The van der Waals surface area contributed by atoms with Crippen molar-refractivity contribution in [3.05, 3.63) is 41.5 Å². The van der Waals surface area contributed by atoms with Crippen molar-refractivity contribution in [3.63, 3.8) is 0 Å². The first-order chi connectivity index (χ1) is 8.00. The van der Waals surface area contributed by atoms with Crippen LogP contribution >= 0.6 is 0 Å². The first-order valence-electron chi connectivity index (χ1n) is 4.79. The summed E-state index contributed by atoms with van der Waals surface area (Å²) in [6, 6.07) is 7.07. The Kier molecular flexibility index (Phi) is 2.44. The molecule has 2 aromatic carbocycles. The van der Waals surface area contributed by atoms with Crippen LogP contribution in [0, 0.1) is 0 Å². The largest absolute Gasteiger partial charge is 0.478 e. The Bertz CT molecular complexity index is 634. The average Bonchev–Trinajstić information content (AvgIpc) is 2.26. The van der Waals surface area contributed by atoms with Crippen LogP contribution in [0.5, 0.6) is 0 Å². The molecule has 0 aliphatic heterocycles. The van der Waals surface area contributed by atoms with Crippen molar-refractivity contribution in [2.45, 2.75) is 0 Å². The minimum Gasteiger partial charge on any atom is -0.478 e. The second kappa shape index (κ2) is 3.79. The third-order valence-corrected chi connectivity index (χ3v) is 2.50. The highest BCUT2D eigenvalue weighted by atomic mass is 16.4. The SMILES string of the molecule is Nc1ccc2c(C(=O)O)ccc(C(=O)O)c2c1. The Balaban J connectivity index is 2.90. The molecule has 17 heavy (non-hydrogen) atoms. The number of rotatable bonds is 2. The van der Waals surface area contributed by atoms with Gasteiger partial charge in [0.05, 0.1) is 11.1 Å². The molecule has 5 heteroatoms. The second-order valence-corrected chi connectivity index (χ2v) is 3.58. The highest BCUT2D eigenvalue weighted by Crippen LogP contribution is 2.25. The first kappa shape index (κ1) is 10.9. The number of hydrogen-bond donors (Lipinski definition) is 3. The molecule has 0 aliphatic rings. The Morgan fingerprint density at radius 1 is 0.882 bits per heavy atom. The zero-order valence-corrected chi connectivity index (χ0v) is 8.68. The number of nitrogen functional groups attached to an aromatic ring is 1. The van der Waals surface area contributed by atoms with Crippen LogP contribution in [0.15, 0.2) is 30.3 Å². The molecule has 5 nitrogen and oxygen atoms in total. The molecule has 0 atom stereocenters. The molecule has 0 aromatic heterocycles. The topological polar surface area (TPSA) is 101 Å². The van der Waals surface area contributed by atoms with Crippen LogP contribution < -0.4 is 5.73 Å². The second-order valence-electron chi connectivity index (χ2n) is 3.58. The summed E-state index contributed by atoms with van der Waals surface area (Å²) in [5, 5.41) is 18.7. The molecule has 0 saturated heterocycles. The van der Waals surface area contributed by atoms with E-state index in [0.29, 0.717) is 16.5 Å². The summed E-state index contributed by atoms with van der Waals surface area (Å²) in [6.45, 7) is 0. The maximum atomic E-state index is 11.0. The number of aromatic carboxylic acids is 2. The Labute approximate surface area is 96.1 Å². The normalized spacial score (nSPS) is 10.4. The summed E-state index contributed by atoms with van der Waals surface area (Å²) in [6.07, 6.45) is 0. The van der Waals surface area contributed by atoms with E-state index in [1.807, 2.05) is 0 Å². The number of anilines is 1. The number of hydrogen-bond acceptors (Lipinski definition) is 3. The van der Waals surface area contributed by atoms with E-state index in [-0.39, 0.29) is 11.1 Å². The van der Waals surface area contributed by atoms with Crippen molar-refractivity contribution in [1.82, 2.24) is 0 Å². The van der Waals surface area contributed by atoms with Gasteiger partial charge < -0.3 is 15.9 Å². The van der Waals surface area contributed by atoms with Gasteiger partial charge in [-0.2, -0.15) is 0 Å². The van der Waals surface area contributed by atoms with E-state index >= 15 is 0 Å². The highest BCUT2D eigenvalue weighted by Gasteiger charge is 2.14. The zero-order valence-electron chi connectivity index (χ0n) is 8.68. The van der Waals surface area contributed by atoms with E-state index in [2.05, 4.69) is 0 Å². The fourth-order valence-electron chi connectivity index (χ4n) is 1.74. The molecule has 0 amide bonds. The number of carboxylic acid groups (broad SMARTS) is 2. The van der Waals surface area contributed by atoms with Crippen molar-refractivity contribution in [2.75, 3.05) is 5.73 Å². The number of fused-ring (bicyclic) bond motifs is 1. The number of carboxylic acids is 2. The fraction of sp³-hybridized carbons (Fsp3) is 0. The third kappa shape index (κ3) is 1.78. The van der Waals surface area contributed by atoms with E-state index in [4.69, 9.17) is 15.9 Å². The van der Waals surface area contributed by atoms with Gasteiger partial charge in [0.2, 0.25) is 0 Å². The van der Waals surface area contributed by atoms with Crippen molar-refractivity contribution in [1.29, 1.82) is 0 Å². The lowest BCUT2D eigenvalue weighted by Gasteiger charge is -2.06. The molecule has 0 heterocycles. The molecular weight excluding hydrogens is 222 g/mol. The lowest BCUT2D eigenvalue weighted by molar-refractivity contribution is 0.0684. The van der Waals surface area contributed by atoms with Gasteiger partial charge in [0.25, 0.3) is 0 Å². The molecule has 0 fully saturated rings. The minimum absolute atomic E-state index is 0.0392. The van der Waals surface area contributed by atoms with Crippen LogP contribution in [0.2, 0.25) is 0 Å². The Morgan fingerprint density at radius 2 is 1.41 bits per heavy atom. The quantitative estimate of drug-likeness (QED) is 0.684. The van der Waals surface area contributed by atoms with Gasteiger partial charge in [0.1, 0.15) is 0 Å². The monoisotopic (exact) mass is 231 g/mol. The summed E-state index contributed by atoms with van der Waals surface area (Å²) in [5.74, 6) is -2.21. The first-order valence-corrected chi connectivity index (χ1v) is 4.79. The maximum Gasteiger partial charge on any atom is 0.336 e. The van der Waals surface area contributed by atoms with Crippen LogP contribution in [-0.2, 0) is 0 Å². The molecule has 86 valence electrons. The molecule has 2 rings (SSSR count). The van der Waals surface area contributed by atoms with Crippen molar-refractivity contribution in [2.24, 2.45) is 0 Å². The van der Waals surface area contributed by atoms with E-state index in [1.54, 1.807) is 6.07 Å². The number of nitrogens with two attached hydrogens (primary N) is 1. The molecule has 0 spiro atoms. The van der Waals surface area contributed by atoms with E-state index in [9.17, 15) is 9.59 Å². The average molecular weight is 231 g/mol. The summed E-state index contributed by atoms with van der Waals surface area (Å²) in [7, 11) is 0. The Morgan fingerprint density at radius 3 is 1.94 bits per heavy atom. The van der Waals surface area contributed by atoms with Crippen molar-refractivity contribution >= 4 is 28.4 Å². The lowest BCUT2D eigenvalue weighted by Crippen LogP contribution is -2.03. The molecule has 4 N–H and O–H groups in total. The minimum atomic E-state index is -1.11. The number of benzene rings is 2. The van der Waals surface area contributed by atoms with E-state index in [1.165, 1.54) is 24.3 Å². The fourth-order valence-corrected chi connectivity index (χ4v) is 1.74. The van der Waals surface area contributed by atoms with Crippen LogP contribution in [0.4, 0.5) is 5.69 Å². The van der Waals surface area contributed by atoms with Gasteiger partial charge in [-0.1, -0.05) is 6.07 Å². The third-order valence-electron chi connectivity index (χ3n) is 2.50. The summed E-state index contributed by atoms with van der Waals surface area (Å²) in [4.78, 5) is 22.0. The summed E-state index contributed by atoms with van der Waals surface area (Å²) in [5.41, 5.74) is 6.07. The van der Waals surface area contributed by atoms with E-state index in [0.717, 1.165) is 0 Å². The van der Waals surface area contributed by atoms with Gasteiger partial charge in [-0.05, 0) is 35.0 Å². The van der Waals surface area contributed by atoms with Gasteiger partial charge in [-0.15, -0.1) is 0 Å². The van der Waals surface area contributed by atoms with Crippen LogP contribution in [0.25, 0.3) is 10.8 Å². The van der Waals surface area contributed by atoms with Crippen LogP contribution in [-0.4, -0.2) is 22.2 Å². The van der Waals surface area contributed by atoms with Gasteiger partial charge in [-0.3, -0.25) is 0 Å². The van der Waals surface area contributed by atoms with Gasteiger partial charge in [0.15, 0.2) is 0 Å². The van der Waals surface area contributed by atoms with Gasteiger partial charge in [-0.25, -0.2) is 9.59 Å². The summed E-state index contributed by atoms with van der Waals surface area (Å²) < 4.78 is 0. The molecule has 0 aliphatic carbocycles. The molecular formula is C12H9NO4. The standard InChI is InChI=1S/C12H9NO4/c13-6-1-2-7-8(11(14)15)3-4-9(12(16)17)10(7)5-6/h1-5H,13H2,(H,14,15)(H,16,17). The molecule has 0 saturated carbocycles. The molecule has 0 radical (unpaired) electrons. The summed E-state index contributed by atoms with van der Waals surface area (Å²) >= 11 is 0. The molecule has 0 unspecified atom stereocenters. The van der Waals surface area contributed by atoms with Crippen LogP contribution in [0.1, 0.15) is 20.7 Å². The van der Waals surface area contributed by atoms with Gasteiger partial charge in [0, 0.05) is 5.69 Å². The Hall–Kier alpha value is -2.56. The maximum absolute atomic E-state index is 11.0. The molecule has 2 aromatic rings. The van der Waals surface area contributed by atoms with Gasteiger partial charge >= 0.3 is 11.9 Å². The zero-order chi connectivity index (χ0) is 12.6. The lowest BCUT2D eigenvalue weighted by atomic mass is 9.99. The van der Waals surface area contributed by atoms with Crippen molar-refractivity contribution in [3.8, 4) is 0 Å². The van der Waals surface area contributed by atoms with Crippen LogP contribution in [0.3, 0.4) is 0 Å². The predicted molar refractivity (Wildman–Crippen MR) is 62.3 cm³/mol. The number of carbonyl (C=O) groups is 2. The smallest absolute Gasteiger partial charge is 0.336 e. The predicted octanol–water partition coefficient (Wildman–Crippen LogP) is 1.82. The highest BCUT2D eigenvalue weighted by molar-refractivity contribution is 6.11. The van der Waals surface area contributed by atoms with Crippen molar-refractivity contribution < 1.29 is 19.8 Å². The molecule has 0 bridgehead atoms.